The van der Waals surface area contributed by atoms with Crippen molar-refractivity contribution in [2.45, 2.75) is 31.6 Å². The molecule has 1 heterocycles. The van der Waals surface area contributed by atoms with Crippen molar-refractivity contribution in [1.82, 2.24) is 0 Å². The van der Waals surface area contributed by atoms with Gasteiger partial charge in [0, 0.05) is 5.92 Å². The van der Waals surface area contributed by atoms with Gasteiger partial charge in [0.05, 0.1) is 14.2 Å². The van der Waals surface area contributed by atoms with E-state index in [0.717, 1.165) is 23.3 Å². The van der Waals surface area contributed by atoms with Gasteiger partial charge in [0.15, 0.2) is 16.9 Å². The van der Waals surface area contributed by atoms with Gasteiger partial charge in [0.2, 0.25) is 6.79 Å². The lowest BCUT2D eigenvalue weighted by Crippen LogP contribution is -2.54. The third-order valence-corrected chi connectivity index (χ3v) is 5.78. The summed E-state index contributed by atoms with van der Waals surface area (Å²) >= 11 is 0. The molecule has 0 saturated heterocycles. The van der Waals surface area contributed by atoms with Crippen LogP contribution in [0.5, 0.6) is 11.5 Å². The third kappa shape index (κ3) is 1.77. The van der Waals surface area contributed by atoms with Crippen LogP contribution in [-0.4, -0.2) is 33.0 Å². The highest BCUT2D eigenvalue weighted by Gasteiger charge is 2.63. The SMILES string of the molecule is COC(=O)C1(C(=O)OC)C[C@@H]2C[C@@H](C)[C@H]1c1cc3c(cc12)OCO3. The van der Waals surface area contributed by atoms with Gasteiger partial charge in [-0.2, -0.15) is 0 Å². The zero-order valence-corrected chi connectivity index (χ0v) is 14.0. The molecule has 5 rings (SSSR count). The summed E-state index contributed by atoms with van der Waals surface area (Å²) in [6.45, 7) is 2.27. The largest absolute Gasteiger partial charge is 0.468 e. The summed E-state index contributed by atoms with van der Waals surface area (Å²) in [5, 5.41) is 0. The molecule has 0 N–H and O–H groups in total. The summed E-state index contributed by atoms with van der Waals surface area (Å²) in [5.74, 6) is 0.334. The molecule has 6 heteroatoms. The highest BCUT2D eigenvalue weighted by Crippen LogP contribution is 2.63. The molecule has 1 fully saturated rings. The Balaban J connectivity index is 1.92. The molecule has 1 aliphatic heterocycles. The van der Waals surface area contributed by atoms with Gasteiger partial charge < -0.3 is 18.9 Å². The number of fused-ring (bicyclic) bond motifs is 3. The van der Waals surface area contributed by atoms with Gasteiger partial charge in [-0.25, -0.2) is 0 Å². The van der Waals surface area contributed by atoms with E-state index >= 15 is 0 Å². The molecule has 0 unspecified atom stereocenters. The van der Waals surface area contributed by atoms with Crippen molar-refractivity contribution < 1.29 is 28.5 Å². The van der Waals surface area contributed by atoms with Gasteiger partial charge in [0.1, 0.15) is 0 Å². The number of carbonyl (C=O) groups is 2. The maximum atomic E-state index is 12.7. The summed E-state index contributed by atoms with van der Waals surface area (Å²) in [5.41, 5.74) is 0.836. The Labute approximate surface area is 140 Å². The van der Waals surface area contributed by atoms with E-state index in [-0.39, 0.29) is 24.5 Å². The number of hydrogen-bond donors (Lipinski definition) is 0. The Bertz CT molecular complexity index is 708. The van der Waals surface area contributed by atoms with Crippen LogP contribution in [0, 0.1) is 11.3 Å². The first-order valence-corrected chi connectivity index (χ1v) is 8.13. The number of ether oxygens (including phenoxy) is 4. The van der Waals surface area contributed by atoms with Crippen LogP contribution in [0.25, 0.3) is 0 Å². The molecule has 1 aromatic carbocycles. The molecular weight excluding hydrogens is 312 g/mol. The summed E-state index contributed by atoms with van der Waals surface area (Å²) < 4.78 is 21.0. The van der Waals surface area contributed by atoms with Crippen molar-refractivity contribution in [3.05, 3.63) is 23.3 Å². The first-order valence-electron chi connectivity index (χ1n) is 8.13. The summed E-state index contributed by atoms with van der Waals surface area (Å²) in [6.07, 6.45) is 1.33. The second-order valence-electron chi connectivity index (χ2n) is 6.88. The molecule has 6 nitrogen and oxygen atoms in total. The second-order valence-corrected chi connectivity index (χ2v) is 6.88. The lowest BCUT2D eigenvalue weighted by Gasteiger charge is -2.51. The van der Waals surface area contributed by atoms with Crippen LogP contribution in [0.15, 0.2) is 12.1 Å². The summed E-state index contributed by atoms with van der Waals surface area (Å²) in [6, 6.07) is 3.92. The molecular formula is C18H20O6. The monoisotopic (exact) mass is 332 g/mol. The summed E-state index contributed by atoms with van der Waals surface area (Å²) in [4.78, 5) is 25.4. The van der Waals surface area contributed by atoms with Gasteiger partial charge in [-0.15, -0.1) is 0 Å². The molecule has 128 valence electrons. The molecule has 4 aliphatic rings. The van der Waals surface area contributed by atoms with E-state index in [2.05, 4.69) is 6.92 Å². The minimum Gasteiger partial charge on any atom is -0.468 e. The van der Waals surface area contributed by atoms with Crippen LogP contribution in [0.2, 0.25) is 0 Å². The fraction of sp³-hybridized carbons (Fsp3) is 0.556. The standard InChI is InChI=1S/C18H20O6/c1-9-4-10-7-18(16(19)21-2,17(20)22-3)15(9)12-6-14-13(5-11(10)12)23-8-24-14/h5-6,9-10,15H,4,7-8H2,1-3H3/t9-,10+,15+/m1/s1. The van der Waals surface area contributed by atoms with Crippen molar-refractivity contribution >= 4 is 11.9 Å². The van der Waals surface area contributed by atoms with E-state index in [1.54, 1.807) is 0 Å². The normalized spacial score (nSPS) is 28.2. The maximum absolute atomic E-state index is 12.7. The minimum atomic E-state index is -1.29. The highest BCUT2D eigenvalue weighted by atomic mass is 16.7. The lowest BCUT2D eigenvalue weighted by atomic mass is 9.50. The van der Waals surface area contributed by atoms with Crippen molar-refractivity contribution in [2.24, 2.45) is 11.3 Å². The Morgan fingerprint density at radius 2 is 1.67 bits per heavy atom. The first-order chi connectivity index (χ1) is 11.5. The molecule has 0 aromatic heterocycles. The average molecular weight is 332 g/mol. The average Bonchev–Trinajstić information content (AvgIpc) is 3.05. The maximum Gasteiger partial charge on any atom is 0.323 e. The van der Waals surface area contributed by atoms with Crippen LogP contribution in [-0.2, 0) is 19.1 Å². The predicted molar refractivity (Wildman–Crippen MR) is 82.9 cm³/mol. The number of rotatable bonds is 2. The van der Waals surface area contributed by atoms with E-state index in [4.69, 9.17) is 18.9 Å². The summed E-state index contributed by atoms with van der Waals surface area (Å²) in [7, 11) is 2.64. The smallest absolute Gasteiger partial charge is 0.323 e. The quantitative estimate of drug-likeness (QED) is 0.611. The fourth-order valence-electron chi connectivity index (χ4n) is 4.94. The number of methoxy groups -OCH3 is 2. The van der Waals surface area contributed by atoms with E-state index in [9.17, 15) is 9.59 Å². The van der Waals surface area contributed by atoms with Crippen molar-refractivity contribution in [1.29, 1.82) is 0 Å². The Kier molecular flexibility index (Phi) is 3.27. The van der Waals surface area contributed by atoms with Gasteiger partial charge >= 0.3 is 11.9 Å². The first kappa shape index (κ1) is 15.3. The van der Waals surface area contributed by atoms with Gasteiger partial charge in [-0.05, 0) is 47.9 Å². The molecule has 0 spiro atoms. The molecule has 0 amide bonds. The predicted octanol–water partition coefficient (Wildman–Crippen LogP) is 2.36. The fourth-order valence-corrected chi connectivity index (χ4v) is 4.94. The minimum absolute atomic E-state index is 0.0905. The third-order valence-electron chi connectivity index (χ3n) is 5.78. The second kappa shape index (κ2) is 5.13. The Morgan fingerprint density at radius 3 is 2.25 bits per heavy atom. The topological polar surface area (TPSA) is 71.1 Å². The van der Waals surface area contributed by atoms with E-state index in [0.29, 0.717) is 12.2 Å². The van der Waals surface area contributed by atoms with Gasteiger partial charge in [-0.1, -0.05) is 6.92 Å². The molecule has 1 aromatic rings. The van der Waals surface area contributed by atoms with E-state index in [1.807, 2.05) is 12.1 Å². The molecule has 3 atom stereocenters. The Hall–Kier alpha value is -2.24. The van der Waals surface area contributed by atoms with Crippen molar-refractivity contribution in [3.8, 4) is 11.5 Å². The number of hydrogen-bond acceptors (Lipinski definition) is 6. The van der Waals surface area contributed by atoms with Crippen LogP contribution in [0.1, 0.15) is 42.7 Å². The van der Waals surface area contributed by atoms with Gasteiger partial charge in [-0.3, -0.25) is 9.59 Å². The van der Waals surface area contributed by atoms with Crippen LogP contribution < -0.4 is 9.47 Å². The highest BCUT2D eigenvalue weighted by molar-refractivity contribution is 6.02. The van der Waals surface area contributed by atoms with Gasteiger partial charge in [0.25, 0.3) is 0 Å². The molecule has 1 saturated carbocycles. The zero-order chi connectivity index (χ0) is 17.1. The van der Waals surface area contributed by atoms with Crippen LogP contribution in [0.3, 0.4) is 0 Å². The number of benzene rings is 1. The zero-order valence-electron chi connectivity index (χ0n) is 14.0. The van der Waals surface area contributed by atoms with Crippen LogP contribution >= 0.6 is 0 Å². The number of esters is 2. The lowest BCUT2D eigenvalue weighted by molar-refractivity contribution is -0.177. The van der Waals surface area contributed by atoms with Crippen molar-refractivity contribution in [2.75, 3.05) is 21.0 Å². The van der Waals surface area contributed by atoms with E-state index in [1.165, 1.54) is 14.2 Å². The van der Waals surface area contributed by atoms with Crippen LogP contribution in [0.4, 0.5) is 0 Å². The molecule has 0 radical (unpaired) electrons. The van der Waals surface area contributed by atoms with E-state index < -0.39 is 17.4 Å². The molecule has 2 bridgehead atoms. The Morgan fingerprint density at radius 1 is 1.08 bits per heavy atom. The molecule has 24 heavy (non-hydrogen) atoms. The number of carbonyl (C=O) groups excluding carboxylic acids is 2. The van der Waals surface area contributed by atoms with Crippen molar-refractivity contribution in [3.63, 3.8) is 0 Å². The molecule has 3 aliphatic carbocycles.